The number of aryl methyl sites for hydroxylation is 1. The number of rotatable bonds is 5. The van der Waals surface area contributed by atoms with E-state index >= 15 is 0 Å². The normalized spacial score (nSPS) is 10.1. The topological polar surface area (TPSA) is 73.2 Å². The lowest BCUT2D eigenvalue weighted by Crippen LogP contribution is -2.24. The molecule has 0 unspecified atom stereocenters. The van der Waals surface area contributed by atoms with Gasteiger partial charge in [0, 0.05) is 19.7 Å². The number of aromatic nitrogens is 2. The average molecular weight is 239 g/mol. The van der Waals surface area contributed by atoms with Crippen LogP contribution in [0.4, 0.5) is 0 Å². The standard InChI is InChI=1S/C11H17N3O3/c1-4-6-12-10(15)8-7-9(14(3)13-8)11(16)17-5-2/h7H,4-6H2,1-3H3,(H,12,15). The van der Waals surface area contributed by atoms with Crippen LogP contribution in [0.2, 0.25) is 0 Å². The van der Waals surface area contributed by atoms with E-state index in [1.165, 1.54) is 10.7 Å². The van der Waals surface area contributed by atoms with Crippen molar-refractivity contribution in [3.8, 4) is 0 Å². The van der Waals surface area contributed by atoms with Gasteiger partial charge in [-0.15, -0.1) is 0 Å². The maximum Gasteiger partial charge on any atom is 0.356 e. The summed E-state index contributed by atoms with van der Waals surface area (Å²) in [5.74, 6) is -0.755. The van der Waals surface area contributed by atoms with Crippen LogP contribution in [0.3, 0.4) is 0 Å². The molecule has 0 radical (unpaired) electrons. The molecule has 0 aliphatic carbocycles. The van der Waals surface area contributed by atoms with Crippen molar-refractivity contribution in [3.05, 3.63) is 17.5 Å². The van der Waals surface area contributed by atoms with Crippen molar-refractivity contribution in [2.24, 2.45) is 7.05 Å². The fourth-order valence-corrected chi connectivity index (χ4v) is 1.30. The smallest absolute Gasteiger partial charge is 0.356 e. The zero-order chi connectivity index (χ0) is 12.8. The molecule has 1 N–H and O–H groups in total. The van der Waals surface area contributed by atoms with Gasteiger partial charge in [0.25, 0.3) is 5.91 Å². The Labute approximate surface area is 99.9 Å². The van der Waals surface area contributed by atoms with Crippen molar-refractivity contribution < 1.29 is 14.3 Å². The Balaban J connectivity index is 2.80. The van der Waals surface area contributed by atoms with Gasteiger partial charge in [0.15, 0.2) is 5.69 Å². The Bertz CT molecular complexity index is 412. The summed E-state index contributed by atoms with van der Waals surface area (Å²) in [5.41, 5.74) is 0.498. The van der Waals surface area contributed by atoms with Gasteiger partial charge >= 0.3 is 5.97 Å². The molecule has 0 aromatic carbocycles. The van der Waals surface area contributed by atoms with Gasteiger partial charge in [-0.2, -0.15) is 5.10 Å². The summed E-state index contributed by atoms with van der Waals surface area (Å²) >= 11 is 0. The number of carbonyl (C=O) groups excluding carboxylic acids is 2. The molecular formula is C11H17N3O3. The number of nitrogens with zero attached hydrogens (tertiary/aromatic N) is 2. The van der Waals surface area contributed by atoms with Crippen LogP contribution >= 0.6 is 0 Å². The van der Waals surface area contributed by atoms with E-state index in [0.717, 1.165) is 6.42 Å². The van der Waals surface area contributed by atoms with Crippen LogP contribution in [0.15, 0.2) is 6.07 Å². The molecule has 0 atom stereocenters. The van der Waals surface area contributed by atoms with Gasteiger partial charge in [-0.3, -0.25) is 9.48 Å². The highest BCUT2D eigenvalue weighted by Gasteiger charge is 2.17. The van der Waals surface area contributed by atoms with E-state index in [0.29, 0.717) is 13.2 Å². The number of nitrogens with one attached hydrogen (secondary N) is 1. The molecule has 94 valence electrons. The summed E-state index contributed by atoms with van der Waals surface area (Å²) in [6.45, 7) is 4.57. The summed E-state index contributed by atoms with van der Waals surface area (Å²) in [7, 11) is 1.60. The number of carbonyl (C=O) groups is 2. The molecule has 6 heteroatoms. The maximum atomic E-state index is 11.6. The Kier molecular flexibility index (Phi) is 4.68. The second-order valence-electron chi connectivity index (χ2n) is 3.51. The first-order valence-corrected chi connectivity index (χ1v) is 5.59. The van der Waals surface area contributed by atoms with Crippen molar-refractivity contribution >= 4 is 11.9 Å². The van der Waals surface area contributed by atoms with Crippen LogP contribution in [-0.4, -0.2) is 34.8 Å². The van der Waals surface area contributed by atoms with Gasteiger partial charge in [-0.05, 0) is 13.3 Å². The molecule has 1 aromatic rings. The van der Waals surface area contributed by atoms with Gasteiger partial charge in [0.1, 0.15) is 5.69 Å². The average Bonchev–Trinajstić information content (AvgIpc) is 2.68. The van der Waals surface area contributed by atoms with E-state index in [2.05, 4.69) is 10.4 Å². The van der Waals surface area contributed by atoms with Gasteiger partial charge < -0.3 is 10.1 Å². The third-order valence-corrected chi connectivity index (χ3v) is 2.13. The zero-order valence-corrected chi connectivity index (χ0v) is 10.3. The Morgan fingerprint density at radius 3 is 2.76 bits per heavy atom. The number of hydrogen-bond acceptors (Lipinski definition) is 4. The lowest BCUT2D eigenvalue weighted by atomic mass is 10.3. The first kappa shape index (κ1) is 13.2. The maximum absolute atomic E-state index is 11.6. The van der Waals surface area contributed by atoms with E-state index in [9.17, 15) is 9.59 Å². The third-order valence-electron chi connectivity index (χ3n) is 2.13. The molecule has 0 spiro atoms. The summed E-state index contributed by atoms with van der Waals surface area (Å²) in [6, 6.07) is 1.43. The molecule has 0 aliphatic heterocycles. The fraction of sp³-hybridized carbons (Fsp3) is 0.545. The molecule has 1 amide bonds. The Hall–Kier alpha value is -1.85. The van der Waals surface area contributed by atoms with Crippen molar-refractivity contribution in [2.45, 2.75) is 20.3 Å². The van der Waals surface area contributed by atoms with Crippen LogP contribution < -0.4 is 5.32 Å². The lowest BCUT2D eigenvalue weighted by molar-refractivity contribution is 0.0513. The SMILES string of the molecule is CCCNC(=O)c1cc(C(=O)OCC)n(C)n1. The highest BCUT2D eigenvalue weighted by molar-refractivity contribution is 5.95. The van der Waals surface area contributed by atoms with Crippen molar-refractivity contribution in [3.63, 3.8) is 0 Å². The van der Waals surface area contributed by atoms with Gasteiger partial charge in [-0.25, -0.2) is 4.79 Å². The van der Waals surface area contributed by atoms with Crippen molar-refractivity contribution in [1.82, 2.24) is 15.1 Å². The number of esters is 1. The molecule has 0 aliphatic rings. The van der Waals surface area contributed by atoms with E-state index in [4.69, 9.17) is 4.74 Å². The number of ether oxygens (including phenoxy) is 1. The molecule has 0 saturated carbocycles. The summed E-state index contributed by atoms with van der Waals surface area (Å²) in [4.78, 5) is 23.1. The minimum absolute atomic E-state index is 0.226. The predicted molar refractivity (Wildman–Crippen MR) is 61.8 cm³/mol. The summed E-state index contributed by atoms with van der Waals surface area (Å²) in [6.07, 6.45) is 0.851. The van der Waals surface area contributed by atoms with E-state index < -0.39 is 5.97 Å². The van der Waals surface area contributed by atoms with E-state index in [1.807, 2.05) is 6.92 Å². The fourth-order valence-electron chi connectivity index (χ4n) is 1.30. The minimum Gasteiger partial charge on any atom is -0.461 e. The molecule has 1 heterocycles. The quantitative estimate of drug-likeness (QED) is 0.769. The Morgan fingerprint density at radius 1 is 1.47 bits per heavy atom. The molecule has 6 nitrogen and oxygen atoms in total. The van der Waals surface area contributed by atoms with Gasteiger partial charge in [-0.1, -0.05) is 6.92 Å². The lowest BCUT2D eigenvalue weighted by Gasteiger charge is -1.99. The predicted octanol–water partition coefficient (Wildman–Crippen LogP) is 0.737. The molecule has 17 heavy (non-hydrogen) atoms. The molecule has 0 bridgehead atoms. The number of hydrogen-bond donors (Lipinski definition) is 1. The van der Waals surface area contributed by atoms with Crippen molar-refractivity contribution in [1.29, 1.82) is 0 Å². The van der Waals surface area contributed by atoms with E-state index in [1.54, 1.807) is 14.0 Å². The monoisotopic (exact) mass is 239 g/mol. The van der Waals surface area contributed by atoms with Crippen LogP contribution in [0, 0.1) is 0 Å². The minimum atomic E-state index is -0.475. The first-order valence-electron chi connectivity index (χ1n) is 5.59. The zero-order valence-electron chi connectivity index (χ0n) is 10.3. The summed E-state index contributed by atoms with van der Waals surface area (Å²) in [5, 5.41) is 6.66. The second kappa shape index (κ2) is 6.03. The van der Waals surface area contributed by atoms with Gasteiger partial charge in [0.2, 0.25) is 0 Å². The van der Waals surface area contributed by atoms with Crippen LogP contribution in [0.25, 0.3) is 0 Å². The third kappa shape index (κ3) is 3.30. The molecular weight excluding hydrogens is 222 g/mol. The highest BCUT2D eigenvalue weighted by atomic mass is 16.5. The largest absolute Gasteiger partial charge is 0.461 e. The molecule has 0 saturated heterocycles. The second-order valence-corrected chi connectivity index (χ2v) is 3.51. The van der Waals surface area contributed by atoms with Crippen LogP contribution in [0.1, 0.15) is 41.2 Å². The number of amides is 1. The van der Waals surface area contributed by atoms with Gasteiger partial charge in [0.05, 0.1) is 6.61 Å². The Morgan fingerprint density at radius 2 is 2.18 bits per heavy atom. The molecule has 0 fully saturated rings. The highest BCUT2D eigenvalue weighted by Crippen LogP contribution is 2.05. The van der Waals surface area contributed by atoms with Crippen LogP contribution in [-0.2, 0) is 11.8 Å². The van der Waals surface area contributed by atoms with Crippen molar-refractivity contribution in [2.75, 3.05) is 13.2 Å². The van der Waals surface area contributed by atoms with E-state index in [-0.39, 0.29) is 17.3 Å². The summed E-state index contributed by atoms with van der Waals surface area (Å²) < 4.78 is 6.20. The first-order chi connectivity index (χ1) is 8.10. The molecule has 1 aromatic heterocycles. The van der Waals surface area contributed by atoms with Crippen LogP contribution in [0.5, 0.6) is 0 Å². The molecule has 1 rings (SSSR count).